The number of carbonyl (C=O) groups is 2. The quantitative estimate of drug-likeness (QED) is 0.615. The number of piperazine rings is 1. The standard InChI is InChI=1S/C22H30N4O3S/c1-3-17-4-6-18(7-5-17)22-24-19(16-30-22)14-21(28)26-11-9-25(10-12-26)15-20(27)23-8-13-29-2/h4-7,16H,3,8-15H2,1-2H3,(H,23,27). The Labute approximate surface area is 182 Å². The molecule has 8 heteroatoms. The lowest BCUT2D eigenvalue weighted by atomic mass is 10.1. The summed E-state index contributed by atoms with van der Waals surface area (Å²) in [5, 5.41) is 5.75. The lowest BCUT2D eigenvalue weighted by Crippen LogP contribution is -2.51. The number of hydrogen-bond acceptors (Lipinski definition) is 6. The molecule has 0 aliphatic carbocycles. The molecule has 2 heterocycles. The van der Waals surface area contributed by atoms with Crippen LogP contribution in [0.3, 0.4) is 0 Å². The number of rotatable bonds is 9. The molecule has 0 atom stereocenters. The Morgan fingerprint density at radius 1 is 1.17 bits per heavy atom. The van der Waals surface area contributed by atoms with Gasteiger partial charge in [0.1, 0.15) is 5.01 Å². The maximum Gasteiger partial charge on any atom is 0.234 e. The molecule has 1 saturated heterocycles. The van der Waals surface area contributed by atoms with Crippen LogP contribution in [-0.2, 0) is 27.2 Å². The van der Waals surface area contributed by atoms with Gasteiger partial charge in [-0.2, -0.15) is 0 Å². The van der Waals surface area contributed by atoms with Crippen molar-refractivity contribution in [1.82, 2.24) is 20.1 Å². The minimum Gasteiger partial charge on any atom is -0.383 e. The smallest absolute Gasteiger partial charge is 0.234 e. The molecule has 1 aromatic heterocycles. The van der Waals surface area contributed by atoms with Crippen molar-refractivity contribution in [3.05, 3.63) is 40.9 Å². The van der Waals surface area contributed by atoms with Crippen molar-refractivity contribution in [2.24, 2.45) is 0 Å². The van der Waals surface area contributed by atoms with Crippen LogP contribution < -0.4 is 5.32 Å². The molecule has 1 aromatic carbocycles. The fourth-order valence-electron chi connectivity index (χ4n) is 3.38. The molecule has 1 N–H and O–H groups in total. The SMILES string of the molecule is CCc1ccc(-c2nc(CC(=O)N3CCN(CC(=O)NCCOC)CC3)cs2)cc1. The first-order valence-corrected chi connectivity index (χ1v) is 11.3. The van der Waals surface area contributed by atoms with E-state index in [2.05, 4.69) is 46.4 Å². The average molecular weight is 431 g/mol. The normalized spacial score (nSPS) is 14.7. The van der Waals surface area contributed by atoms with Gasteiger partial charge in [0.05, 0.1) is 25.3 Å². The van der Waals surface area contributed by atoms with Crippen molar-refractivity contribution in [2.75, 3.05) is 53.0 Å². The van der Waals surface area contributed by atoms with Gasteiger partial charge in [-0.3, -0.25) is 14.5 Å². The van der Waals surface area contributed by atoms with Crippen molar-refractivity contribution in [1.29, 1.82) is 0 Å². The number of ether oxygens (including phenoxy) is 1. The fraction of sp³-hybridized carbons (Fsp3) is 0.500. The highest BCUT2D eigenvalue weighted by molar-refractivity contribution is 7.13. The number of aryl methyl sites for hydroxylation is 1. The van der Waals surface area contributed by atoms with Crippen LogP contribution in [0, 0.1) is 0 Å². The average Bonchev–Trinajstić information content (AvgIpc) is 3.23. The number of benzene rings is 1. The van der Waals surface area contributed by atoms with Crippen molar-refractivity contribution in [2.45, 2.75) is 19.8 Å². The second-order valence-electron chi connectivity index (χ2n) is 7.37. The van der Waals surface area contributed by atoms with Crippen LogP contribution in [0.15, 0.2) is 29.6 Å². The summed E-state index contributed by atoms with van der Waals surface area (Å²) in [5.74, 6) is 0.0891. The topological polar surface area (TPSA) is 74.8 Å². The minimum absolute atomic E-state index is 0.00574. The molecule has 1 aliphatic rings. The zero-order chi connectivity index (χ0) is 21.3. The first-order valence-electron chi connectivity index (χ1n) is 10.4. The summed E-state index contributed by atoms with van der Waals surface area (Å²) in [5.41, 5.74) is 3.21. The molecule has 3 rings (SSSR count). The number of thiazole rings is 1. The predicted octanol–water partition coefficient (Wildman–Crippen LogP) is 1.82. The van der Waals surface area contributed by atoms with E-state index in [1.165, 1.54) is 5.56 Å². The van der Waals surface area contributed by atoms with E-state index in [0.717, 1.165) is 22.7 Å². The molecule has 7 nitrogen and oxygen atoms in total. The second-order valence-corrected chi connectivity index (χ2v) is 8.23. The fourth-order valence-corrected chi connectivity index (χ4v) is 4.20. The van der Waals surface area contributed by atoms with Crippen LogP contribution in [0.1, 0.15) is 18.2 Å². The van der Waals surface area contributed by atoms with Crippen molar-refractivity contribution < 1.29 is 14.3 Å². The molecule has 0 saturated carbocycles. The first-order chi connectivity index (χ1) is 14.6. The summed E-state index contributed by atoms with van der Waals surface area (Å²) in [7, 11) is 1.61. The molecule has 1 aliphatic heterocycles. The van der Waals surface area contributed by atoms with Gasteiger partial charge in [0.2, 0.25) is 11.8 Å². The Hall–Kier alpha value is -2.29. The van der Waals surface area contributed by atoms with Crippen molar-refractivity contribution >= 4 is 23.2 Å². The largest absolute Gasteiger partial charge is 0.383 e. The number of methoxy groups -OCH3 is 1. The van der Waals surface area contributed by atoms with E-state index in [1.54, 1.807) is 18.4 Å². The van der Waals surface area contributed by atoms with Gasteiger partial charge in [0, 0.05) is 50.8 Å². The third-order valence-corrected chi connectivity index (χ3v) is 6.15. The summed E-state index contributed by atoms with van der Waals surface area (Å²) in [6.07, 6.45) is 1.34. The van der Waals surface area contributed by atoms with E-state index in [0.29, 0.717) is 52.3 Å². The maximum absolute atomic E-state index is 12.7. The predicted molar refractivity (Wildman–Crippen MR) is 119 cm³/mol. The highest BCUT2D eigenvalue weighted by Crippen LogP contribution is 2.24. The molecular weight excluding hydrogens is 400 g/mol. The Morgan fingerprint density at radius 3 is 2.57 bits per heavy atom. The molecule has 162 valence electrons. The Balaban J connectivity index is 1.45. The molecule has 0 bridgehead atoms. The summed E-state index contributed by atoms with van der Waals surface area (Å²) in [6, 6.07) is 8.43. The molecule has 30 heavy (non-hydrogen) atoms. The summed E-state index contributed by atoms with van der Waals surface area (Å²) in [6.45, 7) is 6.21. The van der Waals surface area contributed by atoms with E-state index in [4.69, 9.17) is 4.74 Å². The van der Waals surface area contributed by atoms with Crippen LogP contribution in [0.5, 0.6) is 0 Å². The molecule has 2 amide bonds. The monoisotopic (exact) mass is 430 g/mol. The van der Waals surface area contributed by atoms with Crippen LogP contribution in [0.2, 0.25) is 0 Å². The Bertz CT molecular complexity index is 829. The third kappa shape index (κ3) is 6.35. The van der Waals surface area contributed by atoms with E-state index in [1.807, 2.05) is 10.3 Å². The minimum atomic E-state index is -0.00574. The number of hydrogen-bond donors (Lipinski definition) is 1. The molecular formula is C22H30N4O3S. The summed E-state index contributed by atoms with van der Waals surface area (Å²) in [4.78, 5) is 33.2. The van der Waals surface area contributed by atoms with Gasteiger partial charge in [0.15, 0.2) is 0 Å². The first kappa shape index (κ1) is 22.4. The van der Waals surface area contributed by atoms with Crippen LogP contribution in [-0.4, -0.2) is 79.6 Å². The van der Waals surface area contributed by atoms with Crippen molar-refractivity contribution in [3.63, 3.8) is 0 Å². The molecule has 2 aromatic rings. The van der Waals surface area contributed by atoms with Crippen LogP contribution in [0.25, 0.3) is 10.6 Å². The second kappa shape index (κ2) is 11.2. The molecule has 0 radical (unpaired) electrons. The van der Waals surface area contributed by atoms with E-state index < -0.39 is 0 Å². The van der Waals surface area contributed by atoms with Crippen molar-refractivity contribution in [3.8, 4) is 10.6 Å². The third-order valence-electron chi connectivity index (χ3n) is 5.21. The maximum atomic E-state index is 12.7. The van der Waals surface area contributed by atoms with Crippen LogP contribution in [0.4, 0.5) is 0 Å². The number of aromatic nitrogens is 1. The Kier molecular flexibility index (Phi) is 8.36. The number of nitrogens with one attached hydrogen (secondary N) is 1. The van der Waals surface area contributed by atoms with Gasteiger partial charge in [0.25, 0.3) is 0 Å². The van der Waals surface area contributed by atoms with Gasteiger partial charge < -0.3 is 15.0 Å². The summed E-state index contributed by atoms with van der Waals surface area (Å²) >= 11 is 1.58. The molecule has 0 spiro atoms. The number of nitrogens with zero attached hydrogens (tertiary/aromatic N) is 3. The molecule has 0 unspecified atom stereocenters. The van der Waals surface area contributed by atoms with E-state index in [9.17, 15) is 9.59 Å². The lowest BCUT2D eigenvalue weighted by molar-refractivity contribution is -0.132. The Morgan fingerprint density at radius 2 is 1.90 bits per heavy atom. The van der Waals surface area contributed by atoms with Gasteiger partial charge in [-0.25, -0.2) is 4.98 Å². The number of amides is 2. The van der Waals surface area contributed by atoms with Gasteiger partial charge >= 0.3 is 0 Å². The lowest BCUT2D eigenvalue weighted by Gasteiger charge is -2.34. The van der Waals surface area contributed by atoms with Crippen LogP contribution >= 0.6 is 11.3 Å². The van der Waals surface area contributed by atoms with E-state index >= 15 is 0 Å². The number of carbonyl (C=O) groups excluding carboxylic acids is 2. The van der Waals surface area contributed by atoms with Gasteiger partial charge in [-0.1, -0.05) is 31.2 Å². The summed E-state index contributed by atoms with van der Waals surface area (Å²) < 4.78 is 4.93. The zero-order valence-corrected chi connectivity index (χ0v) is 18.5. The zero-order valence-electron chi connectivity index (χ0n) is 17.7. The van der Waals surface area contributed by atoms with Gasteiger partial charge in [-0.05, 0) is 12.0 Å². The highest BCUT2D eigenvalue weighted by atomic mass is 32.1. The highest BCUT2D eigenvalue weighted by Gasteiger charge is 2.23. The van der Waals surface area contributed by atoms with E-state index in [-0.39, 0.29) is 11.8 Å². The molecule has 1 fully saturated rings. The van der Waals surface area contributed by atoms with Gasteiger partial charge in [-0.15, -0.1) is 11.3 Å².